The van der Waals surface area contributed by atoms with Gasteiger partial charge in [0.1, 0.15) is 0 Å². The van der Waals surface area contributed by atoms with Crippen molar-refractivity contribution in [1.82, 2.24) is 4.67 Å². The van der Waals surface area contributed by atoms with Crippen molar-refractivity contribution in [2.45, 2.75) is 19.9 Å². The maximum atomic E-state index is 2.63. The molecule has 0 N–H and O–H groups in total. The van der Waals surface area contributed by atoms with Crippen LogP contribution < -0.4 is 10.6 Å². The van der Waals surface area contributed by atoms with Crippen molar-refractivity contribution in [3.05, 3.63) is 96.6 Å². The van der Waals surface area contributed by atoms with E-state index in [9.17, 15) is 0 Å². The van der Waals surface area contributed by atoms with Crippen LogP contribution in [0.4, 0.5) is 0 Å². The third kappa shape index (κ3) is 3.75. The summed E-state index contributed by atoms with van der Waals surface area (Å²) >= 11 is 0. The third-order valence-corrected chi connectivity index (χ3v) is 7.03. The van der Waals surface area contributed by atoms with E-state index in [-0.39, 0.29) is 0 Å². The van der Waals surface area contributed by atoms with Gasteiger partial charge in [0.2, 0.25) is 0 Å². The molecule has 0 fully saturated rings. The highest BCUT2D eigenvalue weighted by Gasteiger charge is 2.26. The van der Waals surface area contributed by atoms with E-state index in [1.165, 1.54) is 16.2 Å². The van der Waals surface area contributed by atoms with E-state index in [2.05, 4.69) is 110 Å². The minimum Gasteiger partial charge on any atom is -0.268 e. The van der Waals surface area contributed by atoms with Gasteiger partial charge in [-0.05, 0) is 23.1 Å². The molecule has 0 aromatic heterocycles. The second-order valence-electron chi connectivity index (χ2n) is 5.83. The molecule has 0 aliphatic heterocycles. The molecule has 0 amide bonds. The Labute approximate surface area is 146 Å². The molecule has 122 valence electrons. The molecule has 0 bridgehead atoms. The van der Waals surface area contributed by atoms with Crippen LogP contribution in [0.15, 0.2) is 91.0 Å². The number of benzene rings is 3. The van der Waals surface area contributed by atoms with Gasteiger partial charge in [0, 0.05) is 20.7 Å². The fourth-order valence-electron chi connectivity index (χ4n) is 3.08. The number of rotatable bonds is 6. The smallest absolute Gasteiger partial charge is 0.0362 e. The van der Waals surface area contributed by atoms with Crippen LogP contribution in [0.25, 0.3) is 0 Å². The van der Waals surface area contributed by atoms with Gasteiger partial charge >= 0.3 is 0 Å². The molecule has 3 aromatic rings. The highest BCUT2D eigenvalue weighted by molar-refractivity contribution is 7.70. The Bertz CT molecular complexity index is 688. The molecule has 1 atom stereocenters. The average Bonchev–Trinajstić information content (AvgIpc) is 2.67. The van der Waals surface area contributed by atoms with Gasteiger partial charge in [-0.25, -0.2) is 0 Å². The van der Waals surface area contributed by atoms with Gasteiger partial charge in [0.15, 0.2) is 0 Å². The van der Waals surface area contributed by atoms with E-state index >= 15 is 0 Å². The first-order valence-corrected chi connectivity index (χ1v) is 9.82. The molecule has 0 aliphatic rings. The fraction of sp³-hybridized carbons (Fsp3) is 0.182. The Morgan fingerprint density at radius 2 is 1.12 bits per heavy atom. The molecule has 1 nitrogen and oxygen atoms in total. The predicted molar refractivity (Wildman–Crippen MR) is 106 cm³/mol. The van der Waals surface area contributed by atoms with E-state index in [1.807, 2.05) is 0 Å². The first-order valence-electron chi connectivity index (χ1n) is 8.53. The molecular formula is C22H24NP. The average molecular weight is 333 g/mol. The van der Waals surface area contributed by atoms with E-state index in [1.54, 1.807) is 0 Å². The Morgan fingerprint density at radius 1 is 0.708 bits per heavy atom. The largest absolute Gasteiger partial charge is 0.268 e. The van der Waals surface area contributed by atoms with Crippen molar-refractivity contribution >= 4 is 18.7 Å². The zero-order chi connectivity index (χ0) is 16.8. The lowest BCUT2D eigenvalue weighted by atomic mass is 10.1. The van der Waals surface area contributed by atoms with Crippen LogP contribution in [0.5, 0.6) is 0 Å². The zero-order valence-corrected chi connectivity index (χ0v) is 15.2. The summed E-state index contributed by atoms with van der Waals surface area (Å²) in [4.78, 5) is 0. The molecule has 3 aromatic carbocycles. The van der Waals surface area contributed by atoms with Gasteiger partial charge in [-0.2, -0.15) is 0 Å². The van der Waals surface area contributed by atoms with Crippen LogP contribution in [-0.4, -0.2) is 11.2 Å². The molecule has 0 saturated heterocycles. The summed E-state index contributed by atoms with van der Waals surface area (Å²) in [6.45, 7) is 5.60. The van der Waals surface area contributed by atoms with Gasteiger partial charge in [0.25, 0.3) is 0 Å². The molecular weight excluding hydrogens is 309 g/mol. The van der Waals surface area contributed by atoms with Crippen molar-refractivity contribution in [1.29, 1.82) is 0 Å². The normalized spacial score (nSPS) is 12.5. The molecule has 0 heterocycles. The van der Waals surface area contributed by atoms with Crippen molar-refractivity contribution in [2.75, 3.05) is 6.54 Å². The lowest BCUT2D eigenvalue weighted by Gasteiger charge is -2.36. The van der Waals surface area contributed by atoms with Gasteiger partial charge < -0.3 is 0 Å². The van der Waals surface area contributed by atoms with Gasteiger partial charge in [0.05, 0.1) is 0 Å². The summed E-state index contributed by atoms with van der Waals surface area (Å²) in [6.07, 6.45) is 0. The Hall–Kier alpha value is -1.95. The predicted octanol–water partition coefficient (Wildman–Crippen LogP) is 5.12. The van der Waals surface area contributed by atoms with Crippen LogP contribution >= 0.6 is 8.07 Å². The minimum atomic E-state index is -0.544. The van der Waals surface area contributed by atoms with E-state index in [0.29, 0.717) is 6.04 Å². The van der Waals surface area contributed by atoms with E-state index < -0.39 is 8.07 Å². The number of hydrogen-bond acceptors (Lipinski definition) is 1. The summed E-state index contributed by atoms with van der Waals surface area (Å²) in [5.41, 5.74) is 1.37. The molecule has 24 heavy (non-hydrogen) atoms. The molecule has 3 rings (SSSR count). The molecule has 0 radical (unpaired) electrons. The van der Waals surface area contributed by atoms with Gasteiger partial charge in [-0.1, -0.05) is 97.9 Å². The maximum absolute atomic E-state index is 2.63. The Balaban J connectivity index is 2.03. The minimum absolute atomic E-state index is 0.378. The quantitative estimate of drug-likeness (QED) is 0.566. The van der Waals surface area contributed by atoms with Crippen LogP contribution in [0.3, 0.4) is 0 Å². The highest BCUT2D eigenvalue weighted by Crippen LogP contribution is 2.44. The summed E-state index contributed by atoms with van der Waals surface area (Å²) < 4.78 is 2.63. The van der Waals surface area contributed by atoms with Crippen LogP contribution in [-0.2, 0) is 0 Å². The van der Waals surface area contributed by atoms with Crippen LogP contribution in [0.2, 0.25) is 0 Å². The van der Waals surface area contributed by atoms with Crippen LogP contribution in [0.1, 0.15) is 25.5 Å². The number of hydrogen-bond donors (Lipinski definition) is 0. The summed E-state index contributed by atoms with van der Waals surface area (Å²) in [5.74, 6) is 0. The second-order valence-corrected chi connectivity index (χ2v) is 8.00. The molecule has 0 saturated carbocycles. The lowest BCUT2D eigenvalue weighted by Crippen LogP contribution is -2.30. The Morgan fingerprint density at radius 3 is 1.54 bits per heavy atom. The van der Waals surface area contributed by atoms with E-state index in [0.717, 1.165) is 6.54 Å². The van der Waals surface area contributed by atoms with E-state index in [4.69, 9.17) is 0 Å². The monoisotopic (exact) mass is 333 g/mol. The Kier molecular flexibility index (Phi) is 5.80. The molecule has 0 spiro atoms. The fourth-order valence-corrected chi connectivity index (χ4v) is 5.64. The SMILES string of the molecule is CCN(C(C)c1ccccc1)P(c1ccccc1)c1ccccc1. The standard InChI is InChI=1S/C22H24NP/c1-3-23(19(2)20-13-7-4-8-14-20)24(21-15-9-5-10-16-21)22-17-11-6-12-18-22/h4-19H,3H2,1-2H3. The van der Waals surface area contributed by atoms with Crippen LogP contribution in [0, 0.1) is 0 Å². The lowest BCUT2D eigenvalue weighted by molar-refractivity contribution is 0.392. The van der Waals surface area contributed by atoms with Gasteiger partial charge in [-0.15, -0.1) is 0 Å². The summed E-state index contributed by atoms with van der Waals surface area (Å²) in [5, 5.41) is 2.81. The second kappa shape index (κ2) is 8.24. The topological polar surface area (TPSA) is 3.24 Å². The first kappa shape index (κ1) is 16.9. The number of nitrogens with zero attached hydrogens (tertiary/aromatic N) is 1. The van der Waals surface area contributed by atoms with Crippen molar-refractivity contribution in [2.24, 2.45) is 0 Å². The molecule has 0 aliphatic carbocycles. The summed E-state index contributed by atoms with van der Waals surface area (Å²) in [6, 6.07) is 33.0. The highest BCUT2D eigenvalue weighted by atomic mass is 31.1. The first-order chi connectivity index (χ1) is 11.8. The van der Waals surface area contributed by atoms with Crippen molar-refractivity contribution < 1.29 is 0 Å². The maximum Gasteiger partial charge on any atom is 0.0362 e. The summed E-state index contributed by atoms with van der Waals surface area (Å²) in [7, 11) is -0.544. The molecule has 1 unspecified atom stereocenters. The van der Waals surface area contributed by atoms with Crippen molar-refractivity contribution in [3.8, 4) is 0 Å². The third-order valence-electron chi connectivity index (χ3n) is 4.31. The van der Waals surface area contributed by atoms with Gasteiger partial charge in [-0.3, -0.25) is 4.67 Å². The van der Waals surface area contributed by atoms with Crippen molar-refractivity contribution in [3.63, 3.8) is 0 Å². The molecule has 2 heteroatoms. The zero-order valence-electron chi connectivity index (χ0n) is 14.3.